The minimum Gasteiger partial charge on any atom is -0.381 e. The van der Waals surface area contributed by atoms with E-state index >= 15 is 0 Å². The zero-order valence-electron chi connectivity index (χ0n) is 20.6. The van der Waals surface area contributed by atoms with E-state index in [4.69, 9.17) is 19.2 Å². The summed E-state index contributed by atoms with van der Waals surface area (Å²) in [6.45, 7) is 3.60. The lowest BCUT2D eigenvalue weighted by Crippen LogP contribution is -2.36. The summed E-state index contributed by atoms with van der Waals surface area (Å²) in [7, 11) is 0. The van der Waals surface area contributed by atoms with Crippen LogP contribution >= 0.6 is 11.3 Å². The Hall–Kier alpha value is -3.44. The van der Waals surface area contributed by atoms with Crippen molar-refractivity contribution < 1.29 is 14.1 Å². The molecule has 0 amide bonds. The third-order valence-corrected chi connectivity index (χ3v) is 8.09. The number of benzene rings is 1. The van der Waals surface area contributed by atoms with Crippen molar-refractivity contribution >= 4 is 32.6 Å². The van der Waals surface area contributed by atoms with Gasteiger partial charge in [-0.25, -0.2) is 9.97 Å². The summed E-state index contributed by atoms with van der Waals surface area (Å²) in [6.07, 6.45) is 4.27. The van der Waals surface area contributed by atoms with Crippen molar-refractivity contribution in [3.8, 4) is 11.7 Å². The molecule has 0 N–H and O–H groups in total. The molecule has 2 saturated heterocycles. The Balaban J connectivity index is 1.34. The van der Waals surface area contributed by atoms with E-state index < -0.39 is 0 Å². The zero-order valence-corrected chi connectivity index (χ0v) is 21.4. The number of thiazole rings is 1. The standard InChI is InChI=1S/C26H28N6O4S/c1-16-27-23(36-30-16)22-29-24-21(25(34)32(22)18-11-14-35-15-12-18)28-26(37-24)31-13-5-8-19(31)20(33)10-9-17-6-3-2-4-7-17/h2-4,6-7,18-19H,5,8-15H2,1H3/t19-/m1/s1. The number of anilines is 1. The molecule has 0 bridgehead atoms. The fourth-order valence-electron chi connectivity index (χ4n) is 5.23. The lowest BCUT2D eigenvalue weighted by atomic mass is 10.0. The topological polar surface area (TPSA) is 116 Å². The summed E-state index contributed by atoms with van der Waals surface area (Å²) in [5, 5.41) is 4.56. The van der Waals surface area contributed by atoms with Gasteiger partial charge in [-0.3, -0.25) is 14.2 Å². The summed E-state index contributed by atoms with van der Waals surface area (Å²) < 4.78 is 12.6. The van der Waals surface area contributed by atoms with Crippen molar-refractivity contribution in [1.29, 1.82) is 0 Å². The van der Waals surface area contributed by atoms with E-state index in [-0.39, 0.29) is 29.3 Å². The van der Waals surface area contributed by atoms with E-state index in [9.17, 15) is 9.59 Å². The number of hydrogen-bond acceptors (Lipinski definition) is 10. The van der Waals surface area contributed by atoms with Crippen LogP contribution < -0.4 is 10.5 Å². The van der Waals surface area contributed by atoms with Crippen LogP contribution in [0.15, 0.2) is 39.6 Å². The van der Waals surface area contributed by atoms with Gasteiger partial charge in [0.15, 0.2) is 27.1 Å². The SMILES string of the molecule is Cc1noc(-c2nc3sc(N4CCC[C@@H]4C(=O)CCc4ccccc4)nc3c(=O)n2C2CCOCC2)n1. The third kappa shape index (κ3) is 4.69. The molecule has 10 nitrogen and oxygen atoms in total. The van der Waals surface area contributed by atoms with Gasteiger partial charge in [0.25, 0.3) is 11.4 Å². The number of Topliss-reactive ketones (excluding diaryl/α,β-unsaturated/α-hetero) is 1. The molecule has 0 saturated carbocycles. The van der Waals surface area contributed by atoms with Gasteiger partial charge in [0.05, 0.1) is 6.04 Å². The van der Waals surface area contributed by atoms with Crippen LogP contribution in [0.5, 0.6) is 0 Å². The molecular formula is C26H28N6O4S. The number of ether oxygens (including phenoxy) is 1. The molecule has 0 spiro atoms. The molecule has 37 heavy (non-hydrogen) atoms. The number of aromatic nitrogens is 5. The number of ketones is 1. The number of rotatable bonds is 7. The second-order valence-corrected chi connectivity index (χ2v) is 10.5. The average Bonchev–Trinajstić information content (AvgIpc) is 3.68. The maximum absolute atomic E-state index is 13.8. The minimum atomic E-state index is -0.236. The lowest BCUT2D eigenvalue weighted by molar-refractivity contribution is -0.120. The molecule has 5 heterocycles. The van der Waals surface area contributed by atoms with E-state index in [1.807, 2.05) is 30.3 Å². The Kier molecular flexibility index (Phi) is 6.56. The lowest BCUT2D eigenvalue weighted by Gasteiger charge is -2.25. The molecule has 4 aromatic rings. The molecule has 1 aromatic carbocycles. The highest BCUT2D eigenvalue weighted by Gasteiger charge is 2.34. The predicted molar refractivity (Wildman–Crippen MR) is 139 cm³/mol. The summed E-state index contributed by atoms with van der Waals surface area (Å²) in [5.74, 6) is 1.25. The molecule has 0 unspecified atom stereocenters. The highest BCUT2D eigenvalue weighted by Crippen LogP contribution is 2.34. The summed E-state index contributed by atoms with van der Waals surface area (Å²) in [4.78, 5) is 43.4. The van der Waals surface area contributed by atoms with Gasteiger partial charge in [-0.2, -0.15) is 4.98 Å². The van der Waals surface area contributed by atoms with Crippen molar-refractivity contribution in [2.45, 2.75) is 57.5 Å². The summed E-state index contributed by atoms with van der Waals surface area (Å²) in [6, 6.07) is 9.73. The Morgan fingerprint density at radius 1 is 1.11 bits per heavy atom. The van der Waals surface area contributed by atoms with E-state index in [0.29, 0.717) is 66.0 Å². The molecular weight excluding hydrogens is 492 g/mol. The molecule has 2 aliphatic rings. The van der Waals surface area contributed by atoms with Gasteiger partial charge in [0.1, 0.15) is 0 Å². The van der Waals surface area contributed by atoms with Gasteiger partial charge in [0, 0.05) is 32.2 Å². The first-order valence-corrected chi connectivity index (χ1v) is 13.5. The van der Waals surface area contributed by atoms with Gasteiger partial charge in [-0.1, -0.05) is 46.8 Å². The summed E-state index contributed by atoms with van der Waals surface area (Å²) >= 11 is 1.34. The highest BCUT2D eigenvalue weighted by atomic mass is 32.1. The van der Waals surface area contributed by atoms with Gasteiger partial charge in [-0.05, 0) is 44.6 Å². The molecule has 1 atom stereocenters. The molecule has 192 valence electrons. The van der Waals surface area contributed by atoms with Crippen molar-refractivity contribution in [2.24, 2.45) is 0 Å². The molecule has 2 aliphatic heterocycles. The number of hydrogen-bond donors (Lipinski definition) is 0. The number of fused-ring (bicyclic) bond motifs is 1. The Bertz CT molecular complexity index is 1470. The normalized spacial score (nSPS) is 18.6. The van der Waals surface area contributed by atoms with Gasteiger partial charge < -0.3 is 14.2 Å². The van der Waals surface area contributed by atoms with Crippen LogP contribution in [0.1, 0.15) is 49.5 Å². The summed E-state index contributed by atoms with van der Waals surface area (Å²) in [5.41, 5.74) is 1.24. The van der Waals surface area contributed by atoms with Gasteiger partial charge in [-0.15, -0.1) is 0 Å². The number of carbonyl (C=O) groups is 1. The number of carbonyl (C=O) groups excluding carboxylic acids is 1. The van der Waals surface area contributed by atoms with Crippen LogP contribution in [0.25, 0.3) is 22.1 Å². The fourth-order valence-corrected chi connectivity index (χ4v) is 6.24. The monoisotopic (exact) mass is 520 g/mol. The number of aryl methyl sites for hydroxylation is 2. The van der Waals surface area contributed by atoms with Crippen LogP contribution in [-0.2, 0) is 16.0 Å². The average molecular weight is 521 g/mol. The molecule has 11 heteroatoms. The van der Waals surface area contributed by atoms with Gasteiger partial charge >= 0.3 is 0 Å². The fraction of sp³-hybridized carbons (Fsp3) is 0.462. The van der Waals surface area contributed by atoms with Crippen molar-refractivity contribution in [3.05, 3.63) is 52.1 Å². The second kappa shape index (κ2) is 10.1. The Morgan fingerprint density at radius 2 is 1.92 bits per heavy atom. The molecule has 0 radical (unpaired) electrons. The predicted octanol–water partition coefficient (Wildman–Crippen LogP) is 3.73. The maximum atomic E-state index is 13.8. The Labute approximate surface area is 217 Å². The van der Waals surface area contributed by atoms with E-state index in [1.54, 1.807) is 11.5 Å². The Morgan fingerprint density at radius 3 is 2.68 bits per heavy atom. The zero-order chi connectivity index (χ0) is 25.4. The first-order chi connectivity index (χ1) is 18.1. The maximum Gasteiger partial charge on any atom is 0.294 e. The van der Waals surface area contributed by atoms with E-state index in [0.717, 1.165) is 24.9 Å². The van der Waals surface area contributed by atoms with Crippen LogP contribution in [-0.4, -0.2) is 56.3 Å². The smallest absolute Gasteiger partial charge is 0.294 e. The van der Waals surface area contributed by atoms with Gasteiger partial charge in [0.2, 0.25) is 5.82 Å². The van der Waals surface area contributed by atoms with Crippen molar-refractivity contribution in [2.75, 3.05) is 24.7 Å². The molecule has 0 aliphatic carbocycles. The first kappa shape index (κ1) is 23.9. The van der Waals surface area contributed by atoms with Crippen LogP contribution in [0.3, 0.4) is 0 Å². The minimum absolute atomic E-state index is 0.0930. The highest BCUT2D eigenvalue weighted by molar-refractivity contribution is 7.21. The second-order valence-electron chi connectivity index (χ2n) is 9.55. The first-order valence-electron chi connectivity index (χ1n) is 12.7. The van der Waals surface area contributed by atoms with E-state index in [2.05, 4.69) is 15.0 Å². The molecule has 6 rings (SSSR count). The van der Waals surface area contributed by atoms with E-state index in [1.165, 1.54) is 11.3 Å². The van der Waals surface area contributed by atoms with Crippen molar-refractivity contribution in [1.82, 2.24) is 24.7 Å². The van der Waals surface area contributed by atoms with Crippen LogP contribution in [0.4, 0.5) is 5.13 Å². The molecule has 2 fully saturated rings. The van der Waals surface area contributed by atoms with Crippen molar-refractivity contribution in [3.63, 3.8) is 0 Å². The quantitative estimate of drug-likeness (QED) is 0.359. The van der Waals surface area contributed by atoms with Crippen LogP contribution in [0.2, 0.25) is 0 Å². The van der Waals surface area contributed by atoms with Crippen LogP contribution in [0, 0.1) is 6.92 Å². The third-order valence-electron chi connectivity index (χ3n) is 7.10. The largest absolute Gasteiger partial charge is 0.381 e. The molecule has 3 aromatic heterocycles. The number of nitrogens with zero attached hydrogens (tertiary/aromatic N) is 6.